The SMILES string of the molecule is Cc1ccc(OCc2ccc(C(=O)Nc3ccc(Br)cn3)o2)c([N+](=O)[O-])c1. The summed E-state index contributed by atoms with van der Waals surface area (Å²) in [4.78, 5) is 26.8. The van der Waals surface area contributed by atoms with Gasteiger partial charge in [0.1, 0.15) is 18.2 Å². The van der Waals surface area contributed by atoms with Crippen molar-refractivity contribution in [3.05, 3.63) is 80.3 Å². The van der Waals surface area contributed by atoms with Gasteiger partial charge in [0.2, 0.25) is 0 Å². The Morgan fingerprint density at radius 1 is 1.30 bits per heavy atom. The van der Waals surface area contributed by atoms with E-state index in [1.807, 2.05) is 0 Å². The monoisotopic (exact) mass is 431 g/mol. The number of hydrogen-bond acceptors (Lipinski definition) is 6. The Morgan fingerprint density at radius 3 is 2.81 bits per heavy atom. The molecular weight excluding hydrogens is 418 g/mol. The van der Waals surface area contributed by atoms with E-state index in [1.165, 1.54) is 18.2 Å². The summed E-state index contributed by atoms with van der Waals surface area (Å²) in [6, 6.07) is 11.1. The molecule has 0 radical (unpaired) electrons. The third-order valence-corrected chi connectivity index (χ3v) is 4.00. The summed E-state index contributed by atoms with van der Waals surface area (Å²) >= 11 is 3.26. The molecule has 2 aromatic heterocycles. The summed E-state index contributed by atoms with van der Waals surface area (Å²) in [6.45, 7) is 1.71. The van der Waals surface area contributed by atoms with E-state index in [0.29, 0.717) is 11.6 Å². The molecule has 0 fully saturated rings. The molecule has 0 aliphatic carbocycles. The van der Waals surface area contributed by atoms with Crippen LogP contribution in [0.4, 0.5) is 11.5 Å². The Bertz CT molecular complexity index is 985. The maximum Gasteiger partial charge on any atom is 0.311 e. The van der Waals surface area contributed by atoms with Gasteiger partial charge in [-0.05, 0) is 58.7 Å². The molecule has 3 aromatic rings. The predicted molar refractivity (Wildman–Crippen MR) is 101 cm³/mol. The Balaban J connectivity index is 1.65. The van der Waals surface area contributed by atoms with E-state index in [9.17, 15) is 14.9 Å². The summed E-state index contributed by atoms with van der Waals surface area (Å²) < 4.78 is 11.7. The van der Waals surface area contributed by atoms with E-state index in [1.54, 1.807) is 37.4 Å². The summed E-state index contributed by atoms with van der Waals surface area (Å²) in [5.74, 6) is 0.493. The zero-order valence-electron chi connectivity index (χ0n) is 14.1. The molecule has 3 rings (SSSR count). The number of carbonyl (C=O) groups is 1. The van der Waals surface area contributed by atoms with E-state index >= 15 is 0 Å². The largest absolute Gasteiger partial charge is 0.479 e. The zero-order chi connectivity index (χ0) is 19.4. The lowest BCUT2D eigenvalue weighted by atomic mass is 10.2. The van der Waals surface area contributed by atoms with Crippen molar-refractivity contribution in [1.82, 2.24) is 4.98 Å². The van der Waals surface area contributed by atoms with E-state index in [-0.39, 0.29) is 23.8 Å². The molecule has 0 saturated heterocycles. The second-order valence-electron chi connectivity index (χ2n) is 5.60. The summed E-state index contributed by atoms with van der Waals surface area (Å²) in [7, 11) is 0. The molecule has 1 aromatic carbocycles. The van der Waals surface area contributed by atoms with E-state index in [0.717, 1.165) is 10.0 Å². The van der Waals surface area contributed by atoms with Crippen LogP contribution >= 0.6 is 15.9 Å². The zero-order valence-corrected chi connectivity index (χ0v) is 15.7. The number of nitrogens with one attached hydrogen (secondary N) is 1. The first-order valence-electron chi connectivity index (χ1n) is 7.82. The number of nitrogens with zero attached hydrogens (tertiary/aromatic N) is 2. The second kappa shape index (κ2) is 8.00. The van der Waals surface area contributed by atoms with Crippen molar-refractivity contribution in [1.29, 1.82) is 0 Å². The van der Waals surface area contributed by atoms with Gasteiger partial charge in [-0.2, -0.15) is 0 Å². The number of aromatic nitrogens is 1. The van der Waals surface area contributed by atoms with Crippen LogP contribution in [0.5, 0.6) is 5.75 Å². The predicted octanol–water partition coefficient (Wildman–Crippen LogP) is 4.49. The Kier molecular flexibility index (Phi) is 5.51. The quantitative estimate of drug-likeness (QED) is 0.455. The van der Waals surface area contributed by atoms with Crippen LogP contribution in [0.25, 0.3) is 0 Å². The fourth-order valence-corrected chi connectivity index (χ4v) is 2.48. The summed E-state index contributed by atoms with van der Waals surface area (Å²) in [6.07, 6.45) is 1.56. The van der Waals surface area contributed by atoms with Crippen molar-refractivity contribution >= 4 is 33.3 Å². The highest BCUT2D eigenvalue weighted by Gasteiger charge is 2.17. The normalized spacial score (nSPS) is 10.4. The van der Waals surface area contributed by atoms with Crippen LogP contribution in [-0.2, 0) is 6.61 Å². The molecule has 0 bridgehead atoms. The van der Waals surface area contributed by atoms with Crippen LogP contribution in [0.15, 0.2) is 57.6 Å². The van der Waals surface area contributed by atoms with Gasteiger partial charge in [-0.1, -0.05) is 6.07 Å². The summed E-state index contributed by atoms with van der Waals surface area (Å²) in [5.41, 5.74) is 0.633. The highest BCUT2D eigenvalue weighted by molar-refractivity contribution is 9.10. The topological polar surface area (TPSA) is 108 Å². The lowest BCUT2D eigenvalue weighted by Gasteiger charge is -2.06. The highest BCUT2D eigenvalue weighted by Crippen LogP contribution is 2.28. The molecule has 1 N–H and O–H groups in total. The molecule has 0 saturated carbocycles. The third kappa shape index (κ3) is 4.70. The number of anilines is 1. The fourth-order valence-electron chi connectivity index (χ4n) is 2.25. The van der Waals surface area contributed by atoms with Gasteiger partial charge in [0.25, 0.3) is 5.91 Å². The van der Waals surface area contributed by atoms with Crippen LogP contribution in [0.3, 0.4) is 0 Å². The minimum atomic E-state index is -0.505. The number of benzene rings is 1. The van der Waals surface area contributed by atoms with Crippen molar-refractivity contribution in [3.63, 3.8) is 0 Å². The van der Waals surface area contributed by atoms with Gasteiger partial charge < -0.3 is 14.5 Å². The van der Waals surface area contributed by atoms with Crippen LogP contribution in [0, 0.1) is 17.0 Å². The van der Waals surface area contributed by atoms with Gasteiger partial charge >= 0.3 is 5.69 Å². The lowest BCUT2D eigenvalue weighted by Crippen LogP contribution is -2.11. The van der Waals surface area contributed by atoms with Crippen LogP contribution in [-0.4, -0.2) is 15.8 Å². The standard InChI is InChI=1S/C18H14BrN3O5/c1-11-2-5-15(14(8-11)22(24)25)26-10-13-4-6-16(27-13)18(23)21-17-7-3-12(19)9-20-17/h2-9H,10H2,1H3,(H,20,21,23). The molecule has 138 valence electrons. The number of aryl methyl sites for hydroxylation is 1. The van der Waals surface area contributed by atoms with Crippen LogP contribution in [0.2, 0.25) is 0 Å². The Labute approximate surface area is 162 Å². The number of nitro benzene ring substituents is 1. The van der Waals surface area contributed by atoms with Crippen molar-refractivity contribution in [3.8, 4) is 5.75 Å². The first kappa shape index (κ1) is 18.6. The highest BCUT2D eigenvalue weighted by atomic mass is 79.9. The van der Waals surface area contributed by atoms with Crippen molar-refractivity contribution < 1.29 is 18.9 Å². The maximum absolute atomic E-state index is 12.2. The molecule has 0 aliphatic heterocycles. The average Bonchev–Trinajstić information content (AvgIpc) is 3.11. The van der Waals surface area contributed by atoms with Crippen molar-refractivity contribution in [2.75, 3.05) is 5.32 Å². The third-order valence-electron chi connectivity index (χ3n) is 3.54. The second-order valence-corrected chi connectivity index (χ2v) is 6.51. The molecule has 0 unspecified atom stereocenters. The molecule has 1 amide bonds. The van der Waals surface area contributed by atoms with Gasteiger partial charge in [0.15, 0.2) is 11.5 Å². The molecule has 0 atom stereocenters. The van der Waals surface area contributed by atoms with Crippen molar-refractivity contribution in [2.24, 2.45) is 0 Å². The number of nitro groups is 1. The van der Waals surface area contributed by atoms with Gasteiger partial charge in [0.05, 0.1) is 4.92 Å². The number of ether oxygens (including phenoxy) is 1. The molecule has 8 nitrogen and oxygen atoms in total. The molecule has 9 heteroatoms. The van der Waals surface area contributed by atoms with E-state index < -0.39 is 10.8 Å². The van der Waals surface area contributed by atoms with Gasteiger partial charge in [-0.25, -0.2) is 4.98 Å². The van der Waals surface area contributed by atoms with E-state index in [4.69, 9.17) is 9.15 Å². The van der Waals surface area contributed by atoms with Gasteiger partial charge in [0, 0.05) is 16.7 Å². The fraction of sp³-hybridized carbons (Fsp3) is 0.111. The Hall–Kier alpha value is -3.20. The van der Waals surface area contributed by atoms with Crippen molar-refractivity contribution in [2.45, 2.75) is 13.5 Å². The molecular formula is C18H14BrN3O5. The van der Waals surface area contributed by atoms with Gasteiger partial charge in [-0.15, -0.1) is 0 Å². The van der Waals surface area contributed by atoms with E-state index in [2.05, 4.69) is 26.2 Å². The Morgan fingerprint density at radius 2 is 2.11 bits per heavy atom. The number of amides is 1. The molecule has 0 aliphatic rings. The number of carbonyl (C=O) groups excluding carboxylic acids is 1. The van der Waals surface area contributed by atoms with Crippen LogP contribution < -0.4 is 10.1 Å². The first-order valence-corrected chi connectivity index (χ1v) is 8.61. The number of rotatable bonds is 6. The van der Waals surface area contributed by atoms with Crippen LogP contribution in [0.1, 0.15) is 21.9 Å². The lowest BCUT2D eigenvalue weighted by molar-refractivity contribution is -0.386. The number of hydrogen-bond donors (Lipinski definition) is 1. The first-order chi connectivity index (χ1) is 12.9. The molecule has 0 spiro atoms. The number of furan rings is 1. The summed E-state index contributed by atoms with van der Waals surface area (Å²) in [5, 5.41) is 13.7. The molecule has 2 heterocycles. The minimum Gasteiger partial charge on any atom is -0.479 e. The smallest absolute Gasteiger partial charge is 0.311 e. The van der Waals surface area contributed by atoms with Gasteiger partial charge in [-0.3, -0.25) is 14.9 Å². The number of pyridine rings is 1. The minimum absolute atomic E-state index is 0.0479. The average molecular weight is 432 g/mol. The molecule has 27 heavy (non-hydrogen) atoms. The number of halogens is 1. The maximum atomic E-state index is 12.2.